The van der Waals surface area contributed by atoms with Gasteiger partial charge in [0.05, 0.1) is 6.61 Å². The van der Waals surface area contributed by atoms with Crippen LogP contribution in [0.3, 0.4) is 0 Å². The first-order valence-corrected chi connectivity index (χ1v) is 8.34. The molecule has 0 fully saturated rings. The van der Waals surface area contributed by atoms with E-state index >= 15 is 0 Å². The molecule has 0 bridgehead atoms. The zero-order chi connectivity index (χ0) is 16.7. The summed E-state index contributed by atoms with van der Waals surface area (Å²) in [5.74, 6) is 0.546. The van der Waals surface area contributed by atoms with Crippen molar-refractivity contribution in [2.24, 2.45) is 0 Å². The molecule has 0 aliphatic heterocycles. The summed E-state index contributed by atoms with van der Waals surface area (Å²) in [6, 6.07) is 12.0. The van der Waals surface area contributed by atoms with E-state index in [2.05, 4.69) is 12.2 Å². The van der Waals surface area contributed by atoms with Crippen molar-refractivity contribution in [1.82, 2.24) is 0 Å². The molecular formula is C18H19Cl2NO2. The molecule has 0 saturated heterocycles. The number of nitrogens with one attached hydrogen (secondary N) is 1. The average molecular weight is 352 g/mol. The zero-order valence-electron chi connectivity index (χ0n) is 12.9. The smallest absolute Gasteiger partial charge is 0.255 e. The lowest BCUT2D eigenvalue weighted by atomic mass is 10.2. The maximum atomic E-state index is 12.2. The van der Waals surface area contributed by atoms with Crippen LogP contribution in [0.15, 0.2) is 42.5 Å². The molecule has 1 amide bonds. The van der Waals surface area contributed by atoms with Crippen LogP contribution in [0, 0.1) is 0 Å². The van der Waals surface area contributed by atoms with Gasteiger partial charge in [-0.05, 0) is 48.9 Å². The van der Waals surface area contributed by atoms with Crippen LogP contribution in [0.25, 0.3) is 0 Å². The van der Waals surface area contributed by atoms with Crippen molar-refractivity contribution in [3.8, 4) is 5.75 Å². The topological polar surface area (TPSA) is 38.3 Å². The van der Waals surface area contributed by atoms with Gasteiger partial charge in [0.2, 0.25) is 0 Å². The monoisotopic (exact) mass is 351 g/mol. The minimum absolute atomic E-state index is 0.221. The molecule has 0 aliphatic rings. The Kier molecular flexibility index (Phi) is 6.75. The lowest BCUT2D eigenvalue weighted by Crippen LogP contribution is -2.11. The summed E-state index contributed by atoms with van der Waals surface area (Å²) in [6.07, 6.45) is 3.35. The summed E-state index contributed by atoms with van der Waals surface area (Å²) in [5, 5.41) is 3.72. The maximum Gasteiger partial charge on any atom is 0.255 e. The lowest BCUT2D eigenvalue weighted by Gasteiger charge is -2.08. The van der Waals surface area contributed by atoms with Crippen LogP contribution in [-0.2, 0) is 0 Å². The number of hydrogen-bond acceptors (Lipinski definition) is 2. The Hall–Kier alpha value is -1.71. The quantitative estimate of drug-likeness (QED) is 0.638. The molecule has 23 heavy (non-hydrogen) atoms. The van der Waals surface area contributed by atoms with Gasteiger partial charge in [0, 0.05) is 21.3 Å². The van der Waals surface area contributed by atoms with E-state index in [9.17, 15) is 4.79 Å². The van der Waals surface area contributed by atoms with Crippen LogP contribution in [0.2, 0.25) is 10.0 Å². The molecule has 5 heteroatoms. The molecule has 2 aromatic carbocycles. The van der Waals surface area contributed by atoms with Crippen LogP contribution >= 0.6 is 23.2 Å². The molecule has 3 nitrogen and oxygen atoms in total. The van der Waals surface area contributed by atoms with E-state index in [-0.39, 0.29) is 5.91 Å². The van der Waals surface area contributed by atoms with Crippen molar-refractivity contribution in [1.29, 1.82) is 0 Å². The minimum atomic E-state index is -0.221. The third kappa shape index (κ3) is 5.77. The number of rotatable bonds is 7. The second-order valence-electron chi connectivity index (χ2n) is 5.19. The summed E-state index contributed by atoms with van der Waals surface area (Å²) in [7, 11) is 0. The van der Waals surface area contributed by atoms with Crippen molar-refractivity contribution in [2.75, 3.05) is 11.9 Å². The number of hydrogen-bond donors (Lipinski definition) is 1. The molecule has 122 valence electrons. The van der Waals surface area contributed by atoms with E-state index in [1.807, 2.05) is 0 Å². The summed E-state index contributed by atoms with van der Waals surface area (Å²) in [4.78, 5) is 12.2. The average Bonchev–Trinajstić information content (AvgIpc) is 2.51. The van der Waals surface area contributed by atoms with E-state index in [4.69, 9.17) is 27.9 Å². The Labute approximate surface area is 146 Å². The van der Waals surface area contributed by atoms with E-state index in [1.54, 1.807) is 42.5 Å². The van der Waals surface area contributed by atoms with Crippen LogP contribution in [-0.4, -0.2) is 12.5 Å². The Morgan fingerprint density at radius 1 is 1.04 bits per heavy atom. The predicted molar refractivity (Wildman–Crippen MR) is 95.9 cm³/mol. The number of amides is 1. The van der Waals surface area contributed by atoms with Crippen LogP contribution in [0.1, 0.15) is 36.5 Å². The van der Waals surface area contributed by atoms with E-state index < -0.39 is 0 Å². The highest BCUT2D eigenvalue weighted by Gasteiger charge is 2.07. The SMILES string of the molecule is CCCCCOc1ccc(C(=O)Nc2cc(Cl)cc(Cl)c2)cc1. The van der Waals surface area contributed by atoms with E-state index in [0.29, 0.717) is 27.9 Å². The van der Waals surface area contributed by atoms with Gasteiger partial charge in [0.1, 0.15) is 5.75 Å². The fraction of sp³-hybridized carbons (Fsp3) is 0.278. The highest BCUT2D eigenvalue weighted by Crippen LogP contribution is 2.23. The van der Waals surface area contributed by atoms with Crippen LogP contribution in [0.4, 0.5) is 5.69 Å². The molecule has 0 atom stereocenters. The molecule has 0 aromatic heterocycles. The number of halogens is 2. The van der Waals surface area contributed by atoms with E-state index in [1.165, 1.54) is 0 Å². The first-order chi connectivity index (χ1) is 11.1. The molecule has 1 N–H and O–H groups in total. The fourth-order valence-corrected chi connectivity index (χ4v) is 2.60. The highest BCUT2D eigenvalue weighted by molar-refractivity contribution is 6.35. The van der Waals surface area contributed by atoms with Gasteiger partial charge in [-0.15, -0.1) is 0 Å². The van der Waals surface area contributed by atoms with Gasteiger partial charge >= 0.3 is 0 Å². The largest absolute Gasteiger partial charge is 0.494 e. The Morgan fingerprint density at radius 2 is 1.70 bits per heavy atom. The molecule has 0 aliphatic carbocycles. The fourth-order valence-electron chi connectivity index (χ4n) is 2.07. The molecule has 0 heterocycles. The summed E-state index contributed by atoms with van der Waals surface area (Å²) in [5.41, 5.74) is 1.11. The minimum Gasteiger partial charge on any atom is -0.494 e. The lowest BCUT2D eigenvalue weighted by molar-refractivity contribution is 0.102. The number of benzene rings is 2. The Balaban J connectivity index is 1.94. The number of carbonyl (C=O) groups excluding carboxylic acids is 1. The zero-order valence-corrected chi connectivity index (χ0v) is 14.5. The van der Waals surface area contributed by atoms with Crippen LogP contribution in [0.5, 0.6) is 5.75 Å². The standard InChI is InChI=1S/C18H19Cl2NO2/c1-2-3-4-9-23-17-7-5-13(6-8-17)18(22)21-16-11-14(19)10-15(20)12-16/h5-8,10-12H,2-4,9H2,1H3,(H,21,22). The highest BCUT2D eigenvalue weighted by atomic mass is 35.5. The molecule has 0 saturated carbocycles. The van der Waals surface area contributed by atoms with Gasteiger partial charge in [-0.2, -0.15) is 0 Å². The van der Waals surface area contributed by atoms with Crippen LogP contribution < -0.4 is 10.1 Å². The van der Waals surface area contributed by atoms with Crippen molar-refractivity contribution in [3.05, 3.63) is 58.1 Å². The second kappa shape index (κ2) is 8.80. The number of ether oxygens (including phenoxy) is 1. The molecule has 0 unspecified atom stereocenters. The van der Waals surface area contributed by atoms with Crippen molar-refractivity contribution >= 4 is 34.8 Å². The Bertz CT molecular complexity index is 636. The molecule has 0 spiro atoms. The predicted octanol–water partition coefficient (Wildman–Crippen LogP) is 5.81. The molecule has 2 rings (SSSR count). The summed E-state index contributed by atoms with van der Waals surface area (Å²) < 4.78 is 5.63. The summed E-state index contributed by atoms with van der Waals surface area (Å²) >= 11 is 11.8. The Morgan fingerprint density at radius 3 is 2.30 bits per heavy atom. The van der Waals surface area contributed by atoms with Gasteiger partial charge in [-0.3, -0.25) is 4.79 Å². The van der Waals surface area contributed by atoms with Gasteiger partial charge in [0.25, 0.3) is 5.91 Å². The number of anilines is 1. The molecule has 0 radical (unpaired) electrons. The van der Waals surface area contributed by atoms with Crippen molar-refractivity contribution in [3.63, 3.8) is 0 Å². The molecular weight excluding hydrogens is 333 g/mol. The first-order valence-electron chi connectivity index (χ1n) is 7.59. The summed E-state index contributed by atoms with van der Waals surface area (Å²) in [6.45, 7) is 2.85. The van der Waals surface area contributed by atoms with Gasteiger partial charge in [-0.1, -0.05) is 43.0 Å². The van der Waals surface area contributed by atoms with E-state index in [0.717, 1.165) is 25.0 Å². The normalized spacial score (nSPS) is 10.4. The number of unbranched alkanes of at least 4 members (excludes halogenated alkanes) is 2. The molecule has 2 aromatic rings. The van der Waals surface area contributed by atoms with Gasteiger partial charge < -0.3 is 10.1 Å². The maximum absolute atomic E-state index is 12.2. The third-order valence-corrected chi connectivity index (χ3v) is 3.69. The van der Waals surface area contributed by atoms with Gasteiger partial charge in [0.15, 0.2) is 0 Å². The second-order valence-corrected chi connectivity index (χ2v) is 6.07. The number of carbonyl (C=O) groups is 1. The first kappa shape index (κ1) is 17.6. The van der Waals surface area contributed by atoms with Crippen molar-refractivity contribution in [2.45, 2.75) is 26.2 Å². The van der Waals surface area contributed by atoms with Gasteiger partial charge in [-0.25, -0.2) is 0 Å². The van der Waals surface area contributed by atoms with Crippen molar-refractivity contribution < 1.29 is 9.53 Å². The third-order valence-electron chi connectivity index (χ3n) is 3.25.